The molecule has 36 heavy (non-hydrogen) atoms. The minimum atomic E-state index is -1.48. The number of fused-ring (bicyclic) bond motifs is 3. The molecule has 2 heteroatoms. The number of benzene rings is 4. The standard InChI is InChI=1S/C34H29NS/c1-34(2,3)22-23-17-18-35-31(19-23)28-16-10-15-27-30-21-26(24-11-6-4-7-12-24)20-29(33(30)36-32(27)28)25-13-8-5-9-14-25/h4-21H,22H2,1-3H3/i22D2. The molecule has 0 aliphatic rings. The largest absolute Gasteiger partial charge is 0.256 e. The monoisotopic (exact) mass is 485 g/mol. The van der Waals surface area contributed by atoms with Crippen molar-refractivity contribution in [2.75, 3.05) is 0 Å². The van der Waals surface area contributed by atoms with Gasteiger partial charge in [0.05, 0.1) is 5.69 Å². The topological polar surface area (TPSA) is 12.9 Å². The van der Waals surface area contributed by atoms with Gasteiger partial charge in [0.15, 0.2) is 0 Å². The summed E-state index contributed by atoms with van der Waals surface area (Å²) in [6.07, 6.45) is 0.257. The van der Waals surface area contributed by atoms with E-state index in [-0.39, 0.29) is 0 Å². The summed E-state index contributed by atoms with van der Waals surface area (Å²) >= 11 is 1.79. The summed E-state index contributed by atoms with van der Waals surface area (Å²) in [6, 6.07) is 35.9. The molecule has 6 aromatic rings. The molecular formula is C34H29NS. The van der Waals surface area contributed by atoms with Crippen LogP contribution in [-0.4, -0.2) is 4.98 Å². The molecule has 0 saturated carbocycles. The van der Waals surface area contributed by atoms with Crippen LogP contribution in [-0.2, 0) is 6.37 Å². The van der Waals surface area contributed by atoms with Gasteiger partial charge in [-0.15, -0.1) is 11.3 Å². The highest BCUT2D eigenvalue weighted by Crippen LogP contribution is 2.45. The Kier molecular flexibility index (Phi) is 5.13. The molecule has 1 nitrogen and oxygen atoms in total. The molecule has 0 aliphatic heterocycles. The van der Waals surface area contributed by atoms with E-state index >= 15 is 0 Å². The van der Waals surface area contributed by atoms with Crippen molar-refractivity contribution in [2.45, 2.75) is 27.1 Å². The zero-order chi connectivity index (χ0) is 26.5. The van der Waals surface area contributed by atoms with Crippen LogP contribution in [0.4, 0.5) is 0 Å². The molecule has 2 aromatic heterocycles. The zero-order valence-corrected chi connectivity index (χ0v) is 21.6. The van der Waals surface area contributed by atoms with Crippen molar-refractivity contribution in [1.82, 2.24) is 4.98 Å². The summed E-state index contributed by atoms with van der Waals surface area (Å²) in [6.45, 7) is 5.82. The Morgan fingerprint density at radius 1 is 0.667 bits per heavy atom. The fraction of sp³-hybridized carbons (Fsp3) is 0.147. The second-order valence-corrected chi connectivity index (χ2v) is 11.2. The fourth-order valence-corrected chi connectivity index (χ4v) is 6.16. The van der Waals surface area contributed by atoms with Crippen LogP contribution >= 0.6 is 11.3 Å². The van der Waals surface area contributed by atoms with Crippen LogP contribution in [0, 0.1) is 5.41 Å². The van der Waals surface area contributed by atoms with Crippen LogP contribution in [0.2, 0.25) is 0 Å². The average molecular weight is 486 g/mol. The zero-order valence-electron chi connectivity index (χ0n) is 22.7. The van der Waals surface area contributed by atoms with Crippen molar-refractivity contribution < 1.29 is 2.74 Å². The molecule has 0 unspecified atom stereocenters. The second-order valence-electron chi connectivity index (χ2n) is 10.2. The Balaban J connectivity index is 1.62. The van der Waals surface area contributed by atoms with Gasteiger partial charge >= 0.3 is 0 Å². The molecule has 0 fully saturated rings. The van der Waals surface area contributed by atoms with Gasteiger partial charge in [0.1, 0.15) is 0 Å². The van der Waals surface area contributed by atoms with Crippen molar-refractivity contribution in [1.29, 1.82) is 0 Å². The van der Waals surface area contributed by atoms with E-state index in [1.165, 1.54) is 42.4 Å². The predicted octanol–water partition coefficient (Wildman–Crippen LogP) is 10.0. The first-order chi connectivity index (χ1) is 18.2. The SMILES string of the molecule is [2H]C([2H])(c1ccnc(-c2cccc3c2sc2c(-c4ccccc4)cc(-c4ccccc4)cc23)c1)C(C)(C)C. The van der Waals surface area contributed by atoms with E-state index in [9.17, 15) is 0 Å². The van der Waals surface area contributed by atoms with Gasteiger partial charge in [-0.05, 0) is 58.3 Å². The lowest BCUT2D eigenvalue weighted by Crippen LogP contribution is -2.09. The minimum Gasteiger partial charge on any atom is -0.256 e. The van der Waals surface area contributed by atoms with Crippen molar-refractivity contribution in [3.05, 3.63) is 115 Å². The van der Waals surface area contributed by atoms with Gasteiger partial charge in [-0.2, -0.15) is 0 Å². The molecule has 0 bridgehead atoms. The highest BCUT2D eigenvalue weighted by atomic mass is 32.1. The van der Waals surface area contributed by atoms with Crippen molar-refractivity contribution in [3.63, 3.8) is 0 Å². The molecule has 0 amide bonds. The first kappa shape index (κ1) is 20.4. The van der Waals surface area contributed by atoms with Crippen molar-refractivity contribution in [2.24, 2.45) is 5.41 Å². The highest BCUT2D eigenvalue weighted by Gasteiger charge is 2.17. The lowest BCUT2D eigenvalue weighted by atomic mass is 9.88. The van der Waals surface area contributed by atoms with Gasteiger partial charge in [-0.3, -0.25) is 4.98 Å². The molecule has 0 N–H and O–H groups in total. The number of nitrogens with zero attached hydrogens (tertiary/aromatic N) is 1. The summed E-state index contributed by atoms with van der Waals surface area (Å²) in [5.74, 6) is 0. The summed E-state index contributed by atoms with van der Waals surface area (Å²) in [5.41, 5.74) is 6.77. The molecular weight excluding hydrogens is 454 g/mol. The Hall–Kier alpha value is -3.75. The third-order valence-corrected chi connectivity index (χ3v) is 7.63. The number of hydrogen-bond acceptors (Lipinski definition) is 2. The van der Waals surface area contributed by atoms with Crippen LogP contribution in [0.15, 0.2) is 109 Å². The Morgan fingerprint density at radius 2 is 1.36 bits per heavy atom. The van der Waals surface area contributed by atoms with Crippen LogP contribution in [0.3, 0.4) is 0 Å². The van der Waals surface area contributed by atoms with Gasteiger partial charge < -0.3 is 0 Å². The average Bonchev–Trinajstić information content (AvgIpc) is 3.32. The minimum absolute atomic E-state index is 0.534. The van der Waals surface area contributed by atoms with Crippen molar-refractivity contribution >= 4 is 31.5 Å². The number of pyridine rings is 1. The Bertz CT molecular complexity index is 1760. The van der Waals surface area contributed by atoms with Crippen LogP contribution in [0.25, 0.3) is 53.7 Å². The Morgan fingerprint density at radius 3 is 2.08 bits per heavy atom. The van der Waals surface area contributed by atoms with E-state index in [1.54, 1.807) is 23.6 Å². The molecule has 6 rings (SSSR count). The number of thiophene rings is 1. The van der Waals surface area contributed by atoms with Crippen LogP contribution in [0.5, 0.6) is 0 Å². The van der Waals surface area contributed by atoms with Gasteiger partial charge in [0, 0.05) is 40.2 Å². The third-order valence-electron chi connectivity index (χ3n) is 6.35. The van der Waals surface area contributed by atoms with Gasteiger partial charge in [-0.25, -0.2) is 0 Å². The van der Waals surface area contributed by atoms with E-state index in [4.69, 9.17) is 7.73 Å². The molecule has 0 aliphatic carbocycles. The van der Waals surface area contributed by atoms with Gasteiger partial charge in [0.25, 0.3) is 0 Å². The number of aromatic nitrogens is 1. The second kappa shape index (κ2) is 9.04. The van der Waals surface area contributed by atoms with Gasteiger partial charge in [0.2, 0.25) is 0 Å². The first-order valence-corrected chi connectivity index (χ1v) is 13.1. The van der Waals surface area contributed by atoms with Crippen LogP contribution < -0.4 is 0 Å². The lowest BCUT2D eigenvalue weighted by molar-refractivity contribution is 0.411. The van der Waals surface area contributed by atoms with E-state index in [2.05, 4.69) is 91.0 Å². The van der Waals surface area contributed by atoms with Gasteiger partial charge in [-0.1, -0.05) is 99.6 Å². The highest BCUT2D eigenvalue weighted by molar-refractivity contribution is 7.26. The van der Waals surface area contributed by atoms with E-state index in [0.717, 1.165) is 11.3 Å². The molecule has 176 valence electrons. The fourth-order valence-electron chi connectivity index (χ4n) is 4.82. The predicted molar refractivity (Wildman–Crippen MR) is 157 cm³/mol. The summed E-state index contributed by atoms with van der Waals surface area (Å²) in [4.78, 5) is 4.71. The molecule has 4 aromatic carbocycles. The molecule has 0 saturated heterocycles. The smallest absolute Gasteiger partial charge is 0.0719 e. The number of rotatable bonds is 4. The normalized spacial score (nSPS) is 13.1. The number of hydrogen-bond donors (Lipinski definition) is 0. The third kappa shape index (κ3) is 4.34. The maximum Gasteiger partial charge on any atom is 0.0719 e. The summed E-state index contributed by atoms with van der Waals surface area (Å²) in [5, 5.41) is 2.43. The molecule has 0 radical (unpaired) electrons. The van der Waals surface area contributed by atoms with E-state index in [1.807, 2.05) is 26.8 Å². The summed E-state index contributed by atoms with van der Waals surface area (Å²) in [7, 11) is 0. The first-order valence-electron chi connectivity index (χ1n) is 13.3. The summed E-state index contributed by atoms with van der Waals surface area (Å²) < 4.78 is 20.0. The quantitative estimate of drug-likeness (QED) is 0.242. The van der Waals surface area contributed by atoms with Crippen LogP contribution in [0.1, 0.15) is 29.1 Å². The molecule has 0 atom stereocenters. The maximum absolute atomic E-state index is 8.80. The maximum atomic E-state index is 8.80. The molecule has 0 spiro atoms. The molecule has 2 heterocycles. The lowest BCUT2D eigenvalue weighted by Gasteiger charge is -2.18. The van der Waals surface area contributed by atoms with Crippen molar-refractivity contribution in [3.8, 4) is 33.5 Å². The van der Waals surface area contributed by atoms with E-state index < -0.39 is 11.8 Å². The Labute approximate surface area is 219 Å². The van der Waals surface area contributed by atoms with E-state index in [0.29, 0.717) is 5.56 Å².